The van der Waals surface area contributed by atoms with Crippen LogP contribution in [0.5, 0.6) is 0 Å². The lowest BCUT2D eigenvalue weighted by Crippen LogP contribution is -2.08. The molecule has 0 bridgehead atoms. The van der Waals surface area contributed by atoms with Gasteiger partial charge in [-0.3, -0.25) is 5.26 Å². The molecule has 0 spiro atoms. The van der Waals surface area contributed by atoms with Crippen LogP contribution in [0.2, 0.25) is 0 Å². The van der Waals surface area contributed by atoms with Crippen LogP contribution >= 0.6 is 0 Å². The molecule has 0 aliphatic rings. The molecule has 0 aromatic rings. The minimum absolute atomic E-state index is 0.0571. The summed E-state index contributed by atoms with van der Waals surface area (Å²) in [6.45, 7) is 4.35. The van der Waals surface area contributed by atoms with Crippen molar-refractivity contribution < 1.29 is 10.1 Å². The van der Waals surface area contributed by atoms with E-state index in [1.165, 1.54) is 103 Å². The molecule has 0 aromatic heterocycles. The number of hydrogen-bond acceptors (Lipinski definition) is 2. The molecule has 0 fully saturated rings. The van der Waals surface area contributed by atoms with Crippen molar-refractivity contribution in [2.75, 3.05) is 0 Å². The summed E-state index contributed by atoms with van der Waals surface area (Å²) in [6, 6.07) is 0. The lowest BCUT2D eigenvalue weighted by Gasteiger charge is -2.09. The molecule has 0 saturated carbocycles. The summed E-state index contributed by atoms with van der Waals surface area (Å²) in [4.78, 5) is 4.42. The van der Waals surface area contributed by atoms with Gasteiger partial charge in [-0.15, -0.1) is 0 Å². The first-order valence-electron chi connectivity index (χ1n) is 10.6. The molecule has 1 unspecified atom stereocenters. The Morgan fingerprint density at radius 3 is 1.22 bits per heavy atom. The zero-order valence-electron chi connectivity index (χ0n) is 16.2. The third-order valence-electron chi connectivity index (χ3n) is 4.98. The van der Waals surface area contributed by atoms with Gasteiger partial charge in [0.25, 0.3) is 0 Å². The Kier molecular flexibility index (Phi) is 19.9. The maximum absolute atomic E-state index is 8.65. The zero-order chi connectivity index (χ0) is 17.0. The van der Waals surface area contributed by atoms with Crippen molar-refractivity contribution in [2.45, 2.75) is 136 Å². The van der Waals surface area contributed by atoms with E-state index in [2.05, 4.69) is 18.7 Å². The standard InChI is InChI=1S/C21H44O2/c1-3-5-6-7-8-9-10-11-12-13-14-15-16-17-18-19-20-21(4-2)23-22/h21-22H,3-20H2,1-2H3. The highest BCUT2D eigenvalue weighted by Crippen LogP contribution is 2.15. The van der Waals surface area contributed by atoms with Crippen molar-refractivity contribution in [3.63, 3.8) is 0 Å². The lowest BCUT2D eigenvalue weighted by atomic mass is 10.0. The van der Waals surface area contributed by atoms with E-state index in [0.29, 0.717) is 0 Å². The summed E-state index contributed by atoms with van der Waals surface area (Å²) in [5.74, 6) is 0. The maximum atomic E-state index is 8.65. The molecule has 0 aromatic carbocycles. The third-order valence-corrected chi connectivity index (χ3v) is 4.98. The molecule has 0 heterocycles. The largest absolute Gasteiger partial charge is 0.252 e. The Hall–Kier alpha value is -0.0800. The molecule has 140 valence electrons. The molecule has 2 nitrogen and oxygen atoms in total. The summed E-state index contributed by atoms with van der Waals surface area (Å²) in [5, 5.41) is 8.65. The molecular formula is C21H44O2. The number of hydrogen-bond donors (Lipinski definition) is 1. The van der Waals surface area contributed by atoms with Crippen LogP contribution in [0, 0.1) is 0 Å². The Morgan fingerprint density at radius 1 is 0.565 bits per heavy atom. The molecule has 0 aliphatic heterocycles. The van der Waals surface area contributed by atoms with Gasteiger partial charge in [0, 0.05) is 0 Å². The normalized spacial score (nSPS) is 12.7. The SMILES string of the molecule is CCCCCCCCCCCCCCCCCCC(CC)OO. The minimum atomic E-state index is 0.0571. The summed E-state index contributed by atoms with van der Waals surface area (Å²) in [6.07, 6.45) is 24.4. The molecule has 0 amide bonds. The molecule has 0 aliphatic carbocycles. The Balaban J connectivity index is 3.02. The Labute approximate surface area is 146 Å². The summed E-state index contributed by atoms with van der Waals surface area (Å²) in [7, 11) is 0. The predicted molar refractivity (Wildman–Crippen MR) is 102 cm³/mol. The highest BCUT2D eigenvalue weighted by molar-refractivity contribution is 4.55. The monoisotopic (exact) mass is 328 g/mol. The summed E-state index contributed by atoms with van der Waals surface area (Å²) >= 11 is 0. The van der Waals surface area contributed by atoms with Crippen LogP contribution in [-0.2, 0) is 4.89 Å². The molecule has 1 atom stereocenters. The first-order valence-corrected chi connectivity index (χ1v) is 10.6. The minimum Gasteiger partial charge on any atom is -0.252 e. The van der Waals surface area contributed by atoms with Crippen LogP contribution in [-0.4, -0.2) is 11.4 Å². The van der Waals surface area contributed by atoms with Gasteiger partial charge in [0.15, 0.2) is 0 Å². The molecule has 0 radical (unpaired) electrons. The third kappa shape index (κ3) is 18.1. The van der Waals surface area contributed by atoms with E-state index in [4.69, 9.17) is 5.26 Å². The molecule has 1 N–H and O–H groups in total. The smallest absolute Gasteiger partial charge is 0.0924 e. The van der Waals surface area contributed by atoms with E-state index >= 15 is 0 Å². The molecular weight excluding hydrogens is 284 g/mol. The first-order chi connectivity index (χ1) is 11.3. The van der Waals surface area contributed by atoms with Crippen LogP contribution in [0.3, 0.4) is 0 Å². The fourth-order valence-corrected chi connectivity index (χ4v) is 3.25. The second-order valence-electron chi connectivity index (χ2n) is 7.23. The quantitative estimate of drug-likeness (QED) is 0.148. The van der Waals surface area contributed by atoms with Gasteiger partial charge in [0.1, 0.15) is 0 Å². The number of rotatable bonds is 19. The van der Waals surface area contributed by atoms with Gasteiger partial charge in [-0.1, -0.05) is 117 Å². The van der Waals surface area contributed by atoms with Gasteiger partial charge in [-0.25, -0.2) is 4.89 Å². The summed E-state index contributed by atoms with van der Waals surface area (Å²) in [5.41, 5.74) is 0. The highest BCUT2D eigenvalue weighted by Gasteiger charge is 2.04. The zero-order valence-corrected chi connectivity index (χ0v) is 16.2. The predicted octanol–water partition coefficient (Wildman–Crippen LogP) is 7.91. The second-order valence-corrected chi connectivity index (χ2v) is 7.23. The molecule has 0 rings (SSSR count). The van der Waals surface area contributed by atoms with Crippen molar-refractivity contribution in [1.29, 1.82) is 0 Å². The van der Waals surface area contributed by atoms with Gasteiger partial charge >= 0.3 is 0 Å². The topological polar surface area (TPSA) is 29.5 Å². The fourth-order valence-electron chi connectivity index (χ4n) is 3.25. The Bertz CT molecular complexity index is 202. The molecule has 23 heavy (non-hydrogen) atoms. The van der Waals surface area contributed by atoms with Gasteiger partial charge in [0.05, 0.1) is 6.10 Å². The lowest BCUT2D eigenvalue weighted by molar-refractivity contribution is -0.280. The van der Waals surface area contributed by atoms with Crippen molar-refractivity contribution in [3.05, 3.63) is 0 Å². The van der Waals surface area contributed by atoms with Gasteiger partial charge in [-0.05, 0) is 12.8 Å². The summed E-state index contributed by atoms with van der Waals surface area (Å²) < 4.78 is 0. The van der Waals surface area contributed by atoms with Gasteiger partial charge in [-0.2, -0.15) is 0 Å². The van der Waals surface area contributed by atoms with Crippen molar-refractivity contribution >= 4 is 0 Å². The van der Waals surface area contributed by atoms with Crippen LogP contribution in [0.1, 0.15) is 129 Å². The first kappa shape index (κ1) is 22.9. The average Bonchev–Trinajstić information content (AvgIpc) is 2.58. The number of unbranched alkanes of at least 4 members (excludes halogenated alkanes) is 15. The van der Waals surface area contributed by atoms with Crippen LogP contribution in [0.25, 0.3) is 0 Å². The van der Waals surface area contributed by atoms with E-state index in [9.17, 15) is 0 Å². The second kappa shape index (κ2) is 20.0. The van der Waals surface area contributed by atoms with Crippen molar-refractivity contribution in [2.24, 2.45) is 0 Å². The fraction of sp³-hybridized carbons (Fsp3) is 1.00. The van der Waals surface area contributed by atoms with Crippen molar-refractivity contribution in [3.8, 4) is 0 Å². The van der Waals surface area contributed by atoms with Gasteiger partial charge in [0.2, 0.25) is 0 Å². The van der Waals surface area contributed by atoms with E-state index < -0.39 is 0 Å². The van der Waals surface area contributed by atoms with Gasteiger partial charge < -0.3 is 0 Å². The van der Waals surface area contributed by atoms with Crippen LogP contribution in [0.4, 0.5) is 0 Å². The van der Waals surface area contributed by atoms with Crippen LogP contribution in [0.15, 0.2) is 0 Å². The molecule has 2 heteroatoms. The van der Waals surface area contributed by atoms with E-state index in [1.807, 2.05) is 0 Å². The molecule has 0 saturated heterocycles. The van der Waals surface area contributed by atoms with E-state index in [0.717, 1.165) is 12.8 Å². The Morgan fingerprint density at radius 2 is 0.913 bits per heavy atom. The highest BCUT2D eigenvalue weighted by atomic mass is 17.1. The van der Waals surface area contributed by atoms with E-state index in [1.54, 1.807) is 0 Å². The average molecular weight is 329 g/mol. The van der Waals surface area contributed by atoms with E-state index in [-0.39, 0.29) is 6.10 Å². The van der Waals surface area contributed by atoms with Crippen LogP contribution < -0.4 is 0 Å². The van der Waals surface area contributed by atoms with Crippen molar-refractivity contribution in [1.82, 2.24) is 0 Å². The maximum Gasteiger partial charge on any atom is 0.0924 e.